The summed E-state index contributed by atoms with van der Waals surface area (Å²) in [7, 11) is 0. The Labute approximate surface area is 145 Å². The summed E-state index contributed by atoms with van der Waals surface area (Å²) in [5.74, 6) is -1.25. The van der Waals surface area contributed by atoms with Gasteiger partial charge in [0, 0.05) is 6.42 Å². The molecule has 0 aliphatic heterocycles. The molecule has 0 bridgehead atoms. The van der Waals surface area contributed by atoms with Gasteiger partial charge < -0.3 is 14.7 Å². The van der Waals surface area contributed by atoms with Crippen LogP contribution < -0.4 is 0 Å². The molecule has 0 saturated carbocycles. The van der Waals surface area contributed by atoms with Gasteiger partial charge in [-0.05, 0) is 11.1 Å². The van der Waals surface area contributed by atoms with Gasteiger partial charge in [0.1, 0.15) is 13.2 Å². The van der Waals surface area contributed by atoms with E-state index in [1.165, 1.54) is 0 Å². The Morgan fingerprint density at radius 2 is 1.32 bits per heavy atom. The fraction of sp³-hybridized carbons (Fsp3) is 0.211. The first-order valence-electron chi connectivity index (χ1n) is 7.80. The SMILES string of the molecule is O=C(CC/C(=N\O)C(=O)OCc1ccccc1)OCc1ccccc1. The van der Waals surface area contributed by atoms with E-state index in [1.54, 1.807) is 0 Å². The highest BCUT2D eigenvalue weighted by Gasteiger charge is 2.16. The Kier molecular flexibility index (Phi) is 7.18. The van der Waals surface area contributed by atoms with Gasteiger partial charge in [0.15, 0.2) is 5.71 Å². The van der Waals surface area contributed by atoms with E-state index >= 15 is 0 Å². The van der Waals surface area contributed by atoms with Crippen LogP contribution in [0.2, 0.25) is 0 Å². The lowest BCUT2D eigenvalue weighted by molar-refractivity contribution is -0.144. The minimum atomic E-state index is -0.762. The Morgan fingerprint density at radius 3 is 1.84 bits per heavy atom. The molecule has 0 saturated heterocycles. The third kappa shape index (κ3) is 6.47. The van der Waals surface area contributed by atoms with E-state index < -0.39 is 11.9 Å². The van der Waals surface area contributed by atoms with Crippen LogP contribution >= 0.6 is 0 Å². The number of benzene rings is 2. The van der Waals surface area contributed by atoms with Gasteiger partial charge >= 0.3 is 11.9 Å². The number of esters is 2. The standard InChI is InChI=1S/C19H19NO5/c21-18(24-13-15-7-3-1-4-8-15)12-11-17(20-23)19(22)25-14-16-9-5-2-6-10-16/h1-10,23H,11-14H2/b20-17+. The van der Waals surface area contributed by atoms with Gasteiger partial charge in [-0.1, -0.05) is 65.8 Å². The lowest BCUT2D eigenvalue weighted by atomic mass is 10.2. The van der Waals surface area contributed by atoms with Crippen molar-refractivity contribution in [3.63, 3.8) is 0 Å². The van der Waals surface area contributed by atoms with E-state index in [0.717, 1.165) is 11.1 Å². The van der Waals surface area contributed by atoms with Crippen molar-refractivity contribution in [1.29, 1.82) is 0 Å². The number of hydrogen-bond acceptors (Lipinski definition) is 6. The maximum Gasteiger partial charge on any atom is 0.356 e. The van der Waals surface area contributed by atoms with E-state index in [1.807, 2.05) is 60.7 Å². The van der Waals surface area contributed by atoms with Crippen molar-refractivity contribution < 1.29 is 24.3 Å². The zero-order valence-corrected chi connectivity index (χ0v) is 13.6. The topological polar surface area (TPSA) is 85.2 Å². The number of oxime groups is 1. The average molecular weight is 341 g/mol. The normalized spacial score (nSPS) is 11.0. The zero-order valence-electron chi connectivity index (χ0n) is 13.6. The van der Waals surface area contributed by atoms with Crippen LogP contribution in [0.5, 0.6) is 0 Å². The Balaban J connectivity index is 1.73. The number of carbonyl (C=O) groups is 2. The summed E-state index contributed by atoms with van der Waals surface area (Å²) in [6.45, 7) is 0.223. The van der Waals surface area contributed by atoms with Crippen molar-refractivity contribution in [2.75, 3.05) is 0 Å². The number of carbonyl (C=O) groups excluding carboxylic acids is 2. The molecular weight excluding hydrogens is 322 g/mol. The second-order valence-corrected chi connectivity index (χ2v) is 5.25. The smallest absolute Gasteiger partial charge is 0.356 e. The van der Waals surface area contributed by atoms with Crippen molar-refractivity contribution >= 4 is 17.7 Å². The van der Waals surface area contributed by atoms with E-state index in [9.17, 15) is 9.59 Å². The zero-order chi connectivity index (χ0) is 17.9. The van der Waals surface area contributed by atoms with E-state index in [4.69, 9.17) is 14.7 Å². The highest BCUT2D eigenvalue weighted by atomic mass is 16.5. The summed E-state index contributed by atoms with van der Waals surface area (Å²) < 4.78 is 10.2. The minimum absolute atomic E-state index is 0.0578. The van der Waals surface area contributed by atoms with Gasteiger partial charge in [-0.25, -0.2) is 4.79 Å². The highest BCUT2D eigenvalue weighted by molar-refractivity contribution is 6.36. The lowest BCUT2D eigenvalue weighted by Gasteiger charge is -2.07. The first-order valence-corrected chi connectivity index (χ1v) is 7.80. The van der Waals surface area contributed by atoms with Crippen LogP contribution in [-0.4, -0.2) is 22.9 Å². The van der Waals surface area contributed by atoms with Crippen molar-refractivity contribution in [2.24, 2.45) is 5.16 Å². The molecule has 0 amide bonds. The van der Waals surface area contributed by atoms with Crippen molar-refractivity contribution in [3.05, 3.63) is 71.8 Å². The maximum atomic E-state index is 11.9. The molecule has 2 rings (SSSR count). The van der Waals surface area contributed by atoms with Crippen LogP contribution in [-0.2, 0) is 32.3 Å². The fourth-order valence-electron chi connectivity index (χ4n) is 2.03. The fourth-order valence-corrected chi connectivity index (χ4v) is 2.03. The summed E-state index contributed by atoms with van der Waals surface area (Å²) in [5.41, 5.74) is 1.47. The van der Waals surface area contributed by atoms with Crippen LogP contribution in [0.4, 0.5) is 0 Å². The predicted molar refractivity (Wildman–Crippen MR) is 90.9 cm³/mol. The molecule has 1 N–H and O–H groups in total. The summed E-state index contributed by atoms with van der Waals surface area (Å²) in [6, 6.07) is 18.4. The molecular formula is C19H19NO5. The summed E-state index contributed by atoms with van der Waals surface area (Å²) in [4.78, 5) is 23.6. The average Bonchev–Trinajstić information content (AvgIpc) is 2.67. The number of rotatable bonds is 8. The van der Waals surface area contributed by atoms with Crippen LogP contribution in [0, 0.1) is 0 Å². The first kappa shape index (κ1) is 18.2. The molecule has 2 aromatic carbocycles. The van der Waals surface area contributed by atoms with E-state index in [2.05, 4.69) is 5.16 Å². The van der Waals surface area contributed by atoms with Crippen LogP contribution in [0.25, 0.3) is 0 Å². The highest BCUT2D eigenvalue weighted by Crippen LogP contribution is 2.06. The van der Waals surface area contributed by atoms with Gasteiger partial charge in [0.05, 0.1) is 6.42 Å². The Morgan fingerprint density at radius 1 is 0.800 bits per heavy atom. The second kappa shape index (κ2) is 9.87. The number of ether oxygens (including phenoxy) is 2. The first-order chi connectivity index (χ1) is 12.2. The molecule has 0 aromatic heterocycles. The van der Waals surface area contributed by atoms with E-state index in [-0.39, 0.29) is 31.8 Å². The Hall–Kier alpha value is -3.15. The lowest BCUT2D eigenvalue weighted by Crippen LogP contribution is -2.19. The molecule has 6 nitrogen and oxygen atoms in total. The summed E-state index contributed by atoms with van der Waals surface area (Å²) in [6.07, 6.45) is -0.135. The third-order valence-electron chi connectivity index (χ3n) is 3.38. The van der Waals surface area contributed by atoms with Crippen molar-refractivity contribution in [2.45, 2.75) is 26.1 Å². The molecule has 0 unspecified atom stereocenters. The number of nitrogens with zero attached hydrogens (tertiary/aromatic N) is 1. The third-order valence-corrected chi connectivity index (χ3v) is 3.38. The quantitative estimate of drug-likeness (QED) is 0.345. The van der Waals surface area contributed by atoms with Crippen LogP contribution in [0.1, 0.15) is 24.0 Å². The van der Waals surface area contributed by atoms with Gasteiger partial charge in [0.2, 0.25) is 0 Å². The molecule has 0 spiro atoms. The maximum absolute atomic E-state index is 11.9. The molecule has 25 heavy (non-hydrogen) atoms. The molecule has 0 atom stereocenters. The molecule has 6 heteroatoms. The molecule has 0 radical (unpaired) electrons. The van der Waals surface area contributed by atoms with Gasteiger partial charge in [-0.15, -0.1) is 0 Å². The number of hydrogen-bond donors (Lipinski definition) is 1. The van der Waals surface area contributed by atoms with Crippen LogP contribution in [0.15, 0.2) is 65.8 Å². The predicted octanol–water partition coefficient (Wildman–Crippen LogP) is 3.08. The molecule has 0 fully saturated rings. The largest absolute Gasteiger partial charge is 0.461 e. The van der Waals surface area contributed by atoms with E-state index in [0.29, 0.717) is 0 Å². The molecule has 130 valence electrons. The monoisotopic (exact) mass is 341 g/mol. The van der Waals surface area contributed by atoms with Crippen molar-refractivity contribution in [3.8, 4) is 0 Å². The Bertz CT molecular complexity index is 713. The molecule has 0 aliphatic carbocycles. The van der Waals surface area contributed by atoms with Gasteiger partial charge in [-0.3, -0.25) is 4.79 Å². The second-order valence-electron chi connectivity index (χ2n) is 5.25. The molecule has 0 aliphatic rings. The molecule has 0 heterocycles. The van der Waals surface area contributed by atoms with Crippen molar-refractivity contribution in [1.82, 2.24) is 0 Å². The molecule has 2 aromatic rings. The summed E-state index contributed by atoms with van der Waals surface area (Å²) >= 11 is 0. The minimum Gasteiger partial charge on any atom is -0.461 e. The van der Waals surface area contributed by atoms with Crippen LogP contribution in [0.3, 0.4) is 0 Å². The summed E-state index contributed by atoms with van der Waals surface area (Å²) in [5, 5.41) is 11.9. The van der Waals surface area contributed by atoms with Gasteiger partial charge in [0.25, 0.3) is 0 Å². The van der Waals surface area contributed by atoms with Gasteiger partial charge in [-0.2, -0.15) is 0 Å².